The number of benzene rings is 3. The number of thiophene rings is 1. The zero-order chi connectivity index (χ0) is 25.7. The summed E-state index contributed by atoms with van der Waals surface area (Å²) >= 11 is 1.91. The summed E-state index contributed by atoms with van der Waals surface area (Å²) in [7, 11) is 0. The third kappa shape index (κ3) is 6.27. The van der Waals surface area contributed by atoms with Gasteiger partial charge in [-0.25, -0.2) is 0 Å². The molecule has 186 valence electrons. The molecule has 3 aromatic heterocycles. The first kappa shape index (κ1) is 25.8. The lowest BCUT2D eigenvalue weighted by Crippen LogP contribution is -1.84. The number of nitrogens with one attached hydrogen (secondary N) is 1. The molecule has 3 aromatic carbocycles. The van der Waals surface area contributed by atoms with Gasteiger partial charge in [-0.2, -0.15) is 0 Å². The van der Waals surface area contributed by atoms with Gasteiger partial charge >= 0.3 is 0 Å². The zero-order valence-electron chi connectivity index (χ0n) is 22.2. The molecule has 0 aliphatic rings. The van der Waals surface area contributed by atoms with Crippen LogP contribution in [0.1, 0.15) is 75.6 Å². The summed E-state index contributed by atoms with van der Waals surface area (Å²) in [6, 6.07) is 31.7. The fourth-order valence-electron chi connectivity index (χ4n) is 3.98. The summed E-state index contributed by atoms with van der Waals surface area (Å²) in [5, 5.41) is 3.88. The Morgan fingerprint density at radius 2 is 1.25 bits per heavy atom. The second-order valence-electron chi connectivity index (χ2n) is 10.1. The molecule has 2 nitrogen and oxygen atoms in total. The number of hydrogen-bond donors (Lipinski definition) is 1. The number of aromatic amines is 1. The molecule has 0 atom stereocenters. The van der Waals surface area contributed by atoms with Crippen molar-refractivity contribution in [2.75, 3.05) is 0 Å². The van der Waals surface area contributed by atoms with Gasteiger partial charge in [0.25, 0.3) is 0 Å². The van der Waals surface area contributed by atoms with Gasteiger partial charge in [0.15, 0.2) is 0 Å². The van der Waals surface area contributed by atoms with Crippen molar-refractivity contribution in [3.63, 3.8) is 0 Å². The molecule has 0 spiro atoms. The van der Waals surface area contributed by atoms with Crippen LogP contribution in [-0.2, 0) is 0 Å². The second kappa shape index (κ2) is 11.6. The van der Waals surface area contributed by atoms with Crippen LogP contribution in [0.25, 0.3) is 32.0 Å². The molecule has 1 N–H and O–H groups in total. The van der Waals surface area contributed by atoms with E-state index in [2.05, 4.69) is 119 Å². The van der Waals surface area contributed by atoms with Gasteiger partial charge in [0, 0.05) is 32.1 Å². The minimum Gasteiger partial charge on any atom is -0.461 e. The Morgan fingerprint density at radius 1 is 0.611 bits per heavy atom. The molecule has 6 rings (SSSR count). The van der Waals surface area contributed by atoms with Gasteiger partial charge in [0.05, 0.1) is 0 Å². The standard InChI is InChI=1S/C11H13N.C11H12O.C11H12S/c3*1-8(2)11-7-9-5-3-4-6-10(9)12-11/h3-8,12H,1-2H3;2*3-8H,1-2H3. The lowest BCUT2D eigenvalue weighted by Gasteiger charge is -1.97. The molecule has 0 aliphatic carbocycles. The van der Waals surface area contributed by atoms with Crippen LogP contribution in [0.2, 0.25) is 0 Å². The Labute approximate surface area is 219 Å². The summed E-state index contributed by atoms with van der Waals surface area (Å²) < 4.78 is 7.03. The Balaban J connectivity index is 0.000000127. The Kier molecular flexibility index (Phi) is 8.32. The zero-order valence-corrected chi connectivity index (χ0v) is 23.0. The van der Waals surface area contributed by atoms with Crippen molar-refractivity contribution in [1.29, 1.82) is 0 Å². The summed E-state index contributed by atoms with van der Waals surface area (Å²) in [6.07, 6.45) is 0. The molecule has 0 fully saturated rings. The number of fused-ring (bicyclic) bond motifs is 3. The van der Waals surface area contributed by atoms with E-state index >= 15 is 0 Å². The van der Waals surface area contributed by atoms with Gasteiger partial charge in [0.2, 0.25) is 0 Å². The number of furan rings is 1. The van der Waals surface area contributed by atoms with E-state index in [0.717, 1.165) is 11.3 Å². The van der Waals surface area contributed by atoms with E-state index in [9.17, 15) is 0 Å². The fraction of sp³-hybridized carbons (Fsp3) is 0.273. The maximum Gasteiger partial charge on any atom is 0.134 e. The van der Waals surface area contributed by atoms with Crippen molar-refractivity contribution >= 4 is 43.3 Å². The molecule has 0 unspecified atom stereocenters. The monoisotopic (exact) mass is 495 g/mol. The van der Waals surface area contributed by atoms with E-state index in [1.54, 1.807) is 0 Å². The quantitative estimate of drug-likeness (QED) is 0.260. The predicted molar refractivity (Wildman–Crippen MR) is 159 cm³/mol. The van der Waals surface area contributed by atoms with Crippen LogP contribution in [0.4, 0.5) is 0 Å². The average molecular weight is 496 g/mol. The largest absolute Gasteiger partial charge is 0.461 e. The normalized spacial score (nSPS) is 11.2. The highest BCUT2D eigenvalue weighted by Crippen LogP contribution is 2.30. The van der Waals surface area contributed by atoms with Gasteiger partial charge in [-0.15, -0.1) is 11.3 Å². The summed E-state index contributed by atoms with van der Waals surface area (Å²) in [5.41, 5.74) is 3.54. The van der Waals surface area contributed by atoms with Gasteiger partial charge in [0.1, 0.15) is 11.3 Å². The predicted octanol–water partition coefficient (Wildman–Crippen LogP) is 10.9. The highest BCUT2D eigenvalue weighted by atomic mass is 32.1. The third-order valence-corrected chi connectivity index (χ3v) is 7.62. The number of rotatable bonds is 3. The maximum atomic E-state index is 5.63. The first-order valence-corrected chi connectivity index (χ1v) is 13.7. The van der Waals surface area contributed by atoms with Crippen molar-refractivity contribution in [1.82, 2.24) is 4.98 Å². The van der Waals surface area contributed by atoms with Crippen molar-refractivity contribution in [2.45, 2.75) is 59.3 Å². The topological polar surface area (TPSA) is 28.9 Å². The van der Waals surface area contributed by atoms with Gasteiger partial charge in [-0.3, -0.25) is 0 Å². The fourth-order valence-corrected chi connectivity index (χ4v) is 5.05. The van der Waals surface area contributed by atoms with Gasteiger partial charge in [-0.05, 0) is 59.0 Å². The molecule has 0 saturated heterocycles. The minimum atomic E-state index is 0.470. The summed E-state index contributed by atoms with van der Waals surface area (Å²) in [5.74, 6) is 2.77. The van der Waals surface area contributed by atoms with Crippen LogP contribution < -0.4 is 0 Å². The molecule has 6 aromatic rings. The van der Waals surface area contributed by atoms with Crippen LogP contribution in [0, 0.1) is 0 Å². The smallest absolute Gasteiger partial charge is 0.134 e. The van der Waals surface area contributed by atoms with Crippen LogP contribution in [0.3, 0.4) is 0 Å². The van der Waals surface area contributed by atoms with Crippen LogP contribution in [0.15, 0.2) is 95.4 Å². The Bertz CT molecular complexity index is 1240. The molecule has 0 aliphatic heterocycles. The molecular weight excluding hydrogens is 458 g/mol. The van der Waals surface area contributed by atoms with E-state index < -0.39 is 0 Å². The van der Waals surface area contributed by atoms with Crippen molar-refractivity contribution in [2.24, 2.45) is 0 Å². The number of para-hydroxylation sites is 2. The van der Waals surface area contributed by atoms with E-state index in [1.807, 2.05) is 29.5 Å². The number of hydrogen-bond acceptors (Lipinski definition) is 2. The van der Waals surface area contributed by atoms with E-state index in [1.165, 1.54) is 36.9 Å². The van der Waals surface area contributed by atoms with E-state index in [0.29, 0.717) is 17.8 Å². The van der Waals surface area contributed by atoms with Gasteiger partial charge < -0.3 is 9.40 Å². The van der Waals surface area contributed by atoms with Crippen molar-refractivity contribution in [3.8, 4) is 0 Å². The number of aromatic nitrogens is 1. The SMILES string of the molecule is CC(C)c1cc2ccccc2[nH]1.CC(C)c1cc2ccccc2o1.CC(C)c1cc2ccccc2s1. The molecular formula is C33H37NOS. The lowest BCUT2D eigenvalue weighted by molar-refractivity contribution is 0.522. The van der Waals surface area contributed by atoms with E-state index in [4.69, 9.17) is 4.42 Å². The van der Waals surface area contributed by atoms with Crippen molar-refractivity contribution in [3.05, 3.63) is 107 Å². The second-order valence-corrected chi connectivity index (χ2v) is 11.3. The summed E-state index contributed by atoms with van der Waals surface area (Å²) in [6.45, 7) is 13.2. The molecule has 0 saturated carbocycles. The average Bonchev–Trinajstić information content (AvgIpc) is 3.61. The first-order chi connectivity index (χ1) is 17.3. The first-order valence-electron chi connectivity index (χ1n) is 12.9. The van der Waals surface area contributed by atoms with E-state index in [-0.39, 0.29) is 0 Å². The molecule has 3 heteroatoms. The summed E-state index contributed by atoms with van der Waals surface area (Å²) in [4.78, 5) is 4.88. The lowest BCUT2D eigenvalue weighted by atomic mass is 10.1. The Hall–Kier alpha value is -3.30. The van der Waals surface area contributed by atoms with Crippen LogP contribution in [-0.4, -0.2) is 4.98 Å². The van der Waals surface area contributed by atoms with Crippen LogP contribution in [0.5, 0.6) is 0 Å². The number of H-pyrrole nitrogens is 1. The highest BCUT2D eigenvalue weighted by molar-refractivity contribution is 7.19. The molecule has 36 heavy (non-hydrogen) atoms. The Morgan fingerprint density at radius 3 is 1.86 bits per heavy atom. The maximum absolute atomic E-state index is 5.63. The minimum absolute atomic E-state index is 0.470. The third-order valence-electron chi connectivity index (χ3n) is 6.20. The molecule has 0 radical (unpaired) electrons. The molecule has 0 bridgehead atoms. The molecule has 3 heterocycles. The van der Waals surface area contributed by atoms with Gasteiger partial charge in [-0.1, -0.05) is 96.1 Å². The molecule has 0 amide bonds. The highest BCUT2D eigenvalue weighted by Gasteiger charge is 2.06. The van der Waals surface area contributed by atoms with Crippen LogP contribution >= 0.6 is 11.3 Å². The van der Waals surface area contributed by atoms with Crippen molar-refractivity contribution < 1.29 is 4.42 Å².